The molecular formula is C26H29N3O4S. The average molecular weight is 480 g/mol. The van der Waals surface area contributed by atoms with Gasteiger partial charge in [-0.15, -0.1) is 0 Å². The number of hydrogen-bond donors (Lipinski definition) is 2. The predicted octanol–water partition coefficient (Wildman–Crippen LogP) is 3.12. The topological polar surface area (TPSA) is 99.3 Å². The van der Waals surface area contributed by atoms with E-state index < -0.39 is 32.4 Å². The smallest absolute Gasteiger partial charge is 0.269 e. The fourth-order valence-electron chi connectivity index (χ4n) is 4.76. The predicted molar refractivity (Wildman–Crippen MR) is 131 cm³/mol. The Kier molecular flexibility index (Phi) is 6.72. The molecule has 2 heterocycles. The molecule has 0 saturated carbocycles. The molecule has 0 fully saturated rings. The van der Waals surface area contributed by atoms with Crippen LogP contribution in [-0.2, 0) is 34.3 Å². The summed E-state index contributed by atoms with van der Waals surface area (Å²) in [6, 6.07) is 14.2. The number of benzene rings is 2. The van der Waals surface area contributed by atoms with Gasteiger partial charge in [-0.2, -0.15) is 0 Å². The first-order valence-electron chi connectivity index (χ1n) is 11.3. The number of aryl methyl sites for hydroxylation is 4. The van der Waals surface area contributed by atoms with E-state index in [4.69, 9.17) is 0 Å². The summed E-state index contributed by atoms with van der Waals surface area (Å²) in [4.78, 5) is 29.3. The molecule has 178 valence electrons. The van der Waals surface area contributed by atoms with Gasteiger partial charge in [-0.1, -0.05) is 42.0 Å². The van der Waals surface area contributed by atoms with Crippen LogP contribution in [-0.4, -0.2) is 30.3 Å². The highest BCUT2D eigenvalue weighted by atomic mass is 32.2. The van der Waals surface area contributed by atoms with Crippen molar-refractivity contribution >= 4 is 15.9 Å². The van der Waals surface area contributed by atoms with Crippen LogP contribution in [0.1, 0.15) is 39.8 Å². The minimum atomic E-state index is -4.31. The maximum atomic E-state index is 13.4. The second-order valence-corrected chi connectivity index (χ2v) is 10.6. The molecule has 0 bridgehead atoms. The van der Waals surface area contributed by atoms with Crippen molar-refractivity contribution in [3.8, 4) is 0 Å². The van der Waals surface area contributed by atoms with Gasteiger partial charge >= 0.3 is 0 Å². The summed E-state index contributed by atoms with van der Waals surface area (Å²) >= 11 is 0. The fraction of sp³-hybridized carbons (Fsp3) is 0.308. The van der Waals surface area contributed by atoms with Crippen LogP contribution in [0.25, 0.3) is 0 Å². The third-order valence-electron chi connectivity index (χ3n) is 6.43. The van der Waals surface area contributed by atoms with Crippen molar-refractivity contribution in [1.29, 1.82) is 0 Å². The first-order chi connectivity index (χ1) is 16.2. The lowest BCUT2D eigenvalue weighted by Gasteiger charge is -2.30. The number of hydrogen-bond acceptors (Lipinski definition) is 5. The minimum absolute atomic E-state index is 0.466. The van der Waals surface area contributed by atoms with E-state index in [-0.39, 0.29) is 0 Å². The Morgan fingerprint density at radius 2 is 1.74 bits per heavy atom. The van der Waals surface area contributed by atoms with Gasteiger partial charge in [0.2, 0.25) is 0 Å². The van der Waals surface area contributed by atoms with Crippen LogP contribution in [0.2, 0.25) is 0 Å². The van der Waals surface area contributed by atoms with Crippen LogP contribution in [0.4, 0.5) is 0 Å². The number of carbonyl (C=O) groups is 1. The molecule has 0 saturated heterocycles. The van der Waals surface area contributed by atoms with E-state index in [2.05, 4.69) is 54.7 Å². The van der Waals surface area contributed by atoms with Crippen LogP contribution in [0.5, 0.6) is 0 Å². The van der Waals surface area contributed by atoms with E-state index in [0.717, 1.165) is 27.8 Å². The molecule has 34 heavy (non-hydrogen) atoms. The summed E-state index contributed by atoms with van der Waals surface area (Å²) in [6.45, 7) is 7.20. The Morgan fingerprint density at radius 3 is 2.41 bits per heavy atom. The summed E-state index contributed by atoms with van der Waals surface area (Å²) in [5, 5.41) is 0. The molecule has 1 amide bonds. The number of pyridine rings is 1. The van der Waals surface area contributed by atoms with Gasteiger partial charge < -0.3 is 4.98 Å². The second kappa shape index (κ2) is 9.56. The zero-order chi connectivity index (χ0) is 24.5. The van der Waals surface area contributed by atoms with Gasteiger partial charge in [-0.25, -0.2) is 13.1 Å². The van der Waals surface area contributed by atoms with Crippen molar-refractivity contribution in [1.82, 2.24) is 14.6 Å². The third-order valence-corrected chi connectivity index (χ3v) is 7.80. The summed E-state index contributed by atoms with van der Waals surface area (Å²) in [6.07, 6.45) is 2.47. The Balaban J connectivity index is 1.68. The van der Waals surface area contributed by atoms with Crippen LogP contribution < -0.4 is 10.3 Å². The number of aromatic amines is 1. The average Bonchev–Trinajstić information content (AvgIpc) is 2.95. The highest BCUT2D eigenvalue weighted by Gasteiger charge is 2.33. The highest BCUT2D eigenvalue weighted by molar-refractivity contribution is 7.90. The summed E-state index contributed by atoms with van der Waals surface area (Å²) in [5.74, 6) is -0.626. The molecular weight excluding hydrogens is 450 g/mol. The molecule has 3 aromatic rings. The maximum absolute atomic E-state index is 13.4. The van der Waals surface area contributed by atoms with Gasteiger partial charge in [0, 0.05) is 19.3 Å². The lowest BCUT2D eigenvalue weighted by molar-refractivity contribution is -0.125. The molecule has 0 spiro atoms. The maximum Gasteiger partial charge on any atom is 0.269 e. The second-order valence-electron chi connectivity index (χ2n) is 8.94. The van der Waals surface area contributed by atoms with E-state index in [1.54, 1.807) is 0 Å². The van der Waals surface area contributed by atoms with Crippen LogP contribution >= 0.6 is 0 Å². The molecule has 2 aromatic carbocycles. The number of rotatable bonds is 5. The Hall–Kier alpha value is -3.23. The Labute approximate surface area is 199 Å². The molecule has 2 N–H and O–H groups in total. The van der Waals surface area contributed by atoms with E-state index >= 15 is 0 Å². The van der Waals surface area contributed by atoms with Crippen LogP contribution in [0.3, 0.4) is 0 Å². The number of nitrogens with one attached hydrogen (secondary N) is 2. The molecule has 1 unspecified atom stereocenters. The zero-order valence-electron chi connectivity index (χ0n) is 19.6. The van der Waals surface area contributed by atoms with E-state index in [9.17, 15) is 18.0 Å². The van der Waals surface area contributed by atoms with Crippen molar-refractivity contribution in [2.24, 2.45) is 0 Å². The van der Waals surface area contributed by atoms with Crippen molar-refractivity contribution in [2.75, 3.05) is 0 Å². The number of aromatic nitrogens is 1. The van der Waals surface area contributed by atoms with E-state index in [0.29, 0.717) is 25.9 Å². The highest BCUT2D eigenvalue weighted by Crippen LogP contribution is 2.27. The van der Waals surface area contributed by atoms with Gasteiger partial charge in [0.1, 0.15) is 0 Å². The summed E-state index contributed by atoms with van der Waals surface area (Å²) in [7, 11) is -4.31. The fourth-order valence-corrected chi connectivity index (χ4v) is 5.83. The molecule has 7 nitrogen and oxygen atoms in total. The summed E-state index contributed by atoms with van der Waals surface area (Å²) < 4.78 is 27.9. The van der Waals surface area contributed by atoms with E-state index in [1.807, 2.05) is 17.0 Å². The van der Waals surface area contributed by atoms with Crippen molar-refractivity contribution < 1.29 is 13.2 Å². The van der Waals surface area contributed by atoms with Gasteiger partial charge in [0.15, 0.2) is 4.90 Å². The standard InChI is InChI=1S/C26H29N3O4S/c1-17-13-18(2)22(19(3)14-17)16-29-15-21-8-5-4-7-20(21)10-11-23(29)25(30)28-34(32,33)24-9-6-12-27-26(24)31/h4-9,12-14,23H,10-11,15-16H2,1-3H3,(H,27,31)(H,28,30). The largest absolute Gasteiger partial charge is 0.328 e. The lowest BCUT2D eigenvalue weighted by atomic mass is 9.98. The van der Waals surface area contributed by atoms with Gasteiger partial charge in [0.05, 0.1) is 6.04 Å². The third kappa shape index (κ3) is 4.98. The number of H-pyrrole nitrogens is 1. The SMILES string of the molecule is Cc1cc(C)c(CN2Cc3ccccc3CCC2C(=O)NS(=O)(=O)c2ccc[nH]c2=O)c(C)c1. The molecule has 0 radical (unpaired) electrons. The number of sulfonamides is 1. The molecule has 8 heteroatoms. The van der Waals surface area contributed by atoms with Gasteiger partial charge in [-0.3, -0.25) is 14.5 Å². The first kappa shape index (κ1) is 23.9. The molecule has 0 aliphatic carbocycles. The normalized spacial score (nSPS) is 16.5. The molecule has 1 aromatic heterocycles. The number of fused-ring (bicyclic) bond motifs is 1. The van der Waals surface area contributed by atoms with Crippen molar-refractivity contribution in [3.63, 3.8) is 0 Å². The monoisotopic (exact) mass is 479 g/mol. The lowest BCUT2D eigenvalue weighted by Crippen LogP contribution is -2.48. The zero-order valence-corrected chi connectivity index (χ0v) is 20.4. The van der Waals surface area contributed by atoms with Crippen LogP contribution in [0, 0.1) is 20.8 Å². The van der Waals surface area contributed by atoms with Crippen LogP contribution in [0.15, 0.2) is 64.4 Å². The molecule has 1 aliphatic heterocycles. The van der Waals surface area contributed by atoms with Crippen molar-refractivity contribution in [2.45, 2.75) is 57.6 Å². The summed E-state index contributed by atoms with van der Waals surface area (Å²) in [5.41, 5.74) is 6.10. The van der Waals surface area contributed by atoms with Crippen molar-refractivity contribution in [3.05, 3.63) is 98.5 Å². The Morgan fingerprint density at radius 1 is 1.06 bits per heavy atom. The number of nitrogens with zero attached hydrogens (tertiary/aromatic N) is 1. The molecule has 1 aliphatic rings. The minimum Gasteiger partial charge on any atom is -0.328 e. The van der Waals surface area contributed by atoms with Gasteiger partial charge in [-0.05, 0) is 73.6 Å². The first-order valence-corrected chi connectivity index (χ1v) is 12.8. The molecule has 1 atom stereocenters. The quantitative estimate of drug-likeness (QED) is 0.586. The Bertz CT molecular complexity index is 1370. The van der Waals surface area contributed by atoms with Gasteiger partial charge in [0.25, 0.3) is 21.5 Å². The number of amides is 1. The number of carbonyl (C=O) groups excluding carboxylic acids is 1. The van der Waals surface area contributed by atoms with E-state index in [1.165, 1.54) is 23.9 Å². The molecule has 4 rings (SSSR count).